The average molecular weight is 280 g/mol. The minimum atomic E-state index is -5.06. The quantitative estimate of drug-likeness (QED) is 0.636. The van der Waals surface area contributed by atoms with Crippen LogP contribution in [0.3, 0.4) is 0 Å². The third-order valence-corrected chi connectivity index (χ3v) is 3.53. The number of alkyl halides is 3. The number of ether oxygens (including phenoxy) is 1. The van der Waals surface area contributed by atoms with Gasteiger partial charge < -0.3 is 9.84 Å². The van der Waals surface area contributed by atoms with Gasteiger partial charge in [-0.25, -0.2) is 4.79 Å². The van der Waals surface area contributed by atoms with E-state index in [1.165, 1.54) is 13.8 Å². The molecule has 1 rings (SSSR count). The van der Waals surface area contributed by atoms with Gasteiger partial charge >= 0.3 is 12.1 Å². The molecule has 0 aromatic carbocycles. The number of esters is 1. The summed E-state index contributed by atoms with van der Waals surface area (Å²) in [5.74, 6) is -2.95. The van der Waals surface area contributed by atoms with Crippen molar-refractivity contribution >= 4 is 5.97 Å². The van der Waals surface area contributed by atoms with Gasteiger partial charge in [-0.15, -0.1) is 0 Å². The predicted molar refractivity (Wildman–Crippen MR) is 63.4 cm³/mol. The summed E-state index contributed by atoms with van der Waals surface area (Å²) in [6, 6.07) is 0. The fourth-order valence-electron chi connectivity index (χ4n) is 2.30. The smallest absolute Gasteiger partial charge is 0.428 e. The lowest BCUT2D eigenvalue weighted by Gasteiger charge is -2.35. The molecule has 1 aliphatic carbocycles. The van der Waals surface area contributed by atoms with Crippen molar-refractivity contribution in [2.24, 2.45) is 5.92 Å². The first-order valence-electron chi connectivity index (χ1n) is 6.40. The lowest BCUT2D eigenvalue weighted by Crippen LogP contribution is -2.58. The molecule has 6 heteroatoms. The number of halogens is 3. The van der Waals surface area contributed by atoms with Crippen LogP contribution in [0.15, 0.2) is 11.6 Å². The molecule has 0 bridgehead atoms. The van der Waals surface area contributed by atoms with E-state index in [2.05, 4.69) is 4.74 Å². The van der Waals surface area contributed by atoms with Crippen LogP contribution in [0.4, 0.5) is 13.2 Å². The molecular weight excluding hydrogens is 261 g/mol. The first-order valence-corrected chi connectivity index (χ1v) is 6.40. The summed E-state index contributed by atoms with van der Waals surface area (Å²) in [5, 5.41) is 9.93. The zero-order chi connectivity index (χ0) is 14.7. The summed E-state index contributed by atoms with van der Waals surface area (Å²) in [6.07, 6.45) is -0.538. The van der Waals surface area contributed by atoms with Crippen LogP contribution in [0.25, 0.3) is 0 Å². The minimum absolute atomic E-state index is 0.205. The van der Waals surface area contributed by atoms with E-state index in [9.17, 15) is 23.1 Å². The van der Waals surface area contributed by atoms with Crippen molar-refractivity contribution in [2.75, 3.05) is 6.61 Å². The van der Waals surface area contributed by atoms with Gasteiger partial charge in [-0.05, 0) is 32.6 Å². The molecule has 0 saturated heterocycles. The van der Waals surface area contributed by atoms with Crippen molar-refractivity contribution in [1.29, 1.82) is 0 Å². The van der Waals surface area contributed by atoms with Gasteiger partial charge in [0.2, 0.25) is 0 Å². The summed E-state index contributed by atoms with van der Waals surface area (Å²) >= 11 is 0. The van der Waals surface area contributed by atoms with E-state index in [0.717, 1.165) is 12.8 Å². The Morgan fingerprint density at radius 2 is 2.11 bits per heavy atom. The maximum Gasteiger partial charge on any atom is 0.428 e. The van der Waals surface area contributed by atoms with Crippen LogP contribution in [0.5, 0.6) is 0 Å². The zero-order valence-electron chi connectivity index (χ0n) is 11.1. The molecule has 0 aromatic rings. The van der Waals surface area contributed by atoms with Crippen LogP contribution in [-0.4, -0.2) is 29.5 Å². The molecule has 0 aromatic heterocycles. The van der Waals surface area contributed by atoms with Crippen molar-refractivity contribution in [3.05, 3.63) is 11.6 Å². The average Bonchev–Trinajstić information content (AvgIpc) is 2.36. The van der Waals surface area contributed by atoms with Gasteiger partial charge in [0.1, 0.15) is 0 Å². The topological polar surface area (TPSA) is 46.5 Å². The summed E-state index contributed by atoms with van der Waals surface area (Å²) < 4.78 is 43.7. The number of allylic oxidation sites excluding steroid dienone is 1. The van der Waals surface area contributed by atoms with Gasteiger partial charge in [0.15, 0.2) is 0 Å². The van der Waals surface area contributed by atoms with Crippen molar-refractivity contribution in [2.45, 2.75) is 51.3 Å². The summed E-state index contributed by atoms with van der Waals surface area (Å²) in [7, 11) is 0. The molecule has 2 atom stereocenters. The Labute approximate surface area is 110 Å². The Morgan fingerprint density at radius 3 is 2.53 bits per heavy atom. The van der Waals surface area contributed by atoms with Crippen LogP contribution >= 0.6 is 0 Å². The molecule has 0 saturated carbocycles. The maximum atomic E-state index is 13.1. The maximum absolute atomic E-state index is 13.1. The Hall–Kier alpha value is -1.04. The molecule has 1 aliphatic rings. The minimum Gasteiger partial charge on any atom is -0.464 e. The molecule has 0 aliphatic heterocycles. The second kappa shape index (κ2) is 5.94. The molecule has 0 unspecified atom stereocenters. The summed E-state index contributed by atoms with van der Waals surface area (Å²) in [5.41, 5.74) is -2.99. The molecule has 0 heterocycles. The summed E-state index contributed by atoms with van der Waals surface area (Å²) in [4.78, 5) is 11.6. The first kappa shape index (κ1) is 16.0. The van der Waals surface area contributed by atoms with Crippen LogP contribution in [0.1, 0.15) is 39.5 Å². The van der Waals surface area contributed by atoms with Gasteiger partial charge in [0, 0.05) is 5.92 Å². The number of hydrogen-bond acceptors (Lipinski definition) is 3. The Kier molecular flexibility index (Phi) is 5.01. The van der Waals surface area contributed by atoms with E-state index >= 15 is 0 Å². The number of carbonyl (C=O) groups excluding carboxylic acids is 1. The molecular formula is C13H19F3O3. The highest BCUT2D eigenvalue weighted by Crippen LogP contribution is 2.42. The molecule has 3 nitrogen and oxygen atoms in total. The van der Waals surface area contributed by atoms with Crippen molar-refractivity contribution in [3.63, 3.8) is 0 Å². The zero-order valence-corrected chi connectivity index (χ0v) is 11.1. The normalized spacial score (nSPS) is 21.3. The third kappa shape index (κ3) is 3.11. The Balaban J connectivity index is 3.09. The van der Waals surface area contributed by atoms with E-state index in [0.29, 0.717) is 18.4 Å². The van der Waals surface area contributed by atoms with Crippen molar-refractivity contribution < 1.29 is 27.8 Å². The largest absolute Gasteiger partial charge is 0.464 e. The molecule has 0 amide bonds. The predicted octanol–water partition coefficient (Wildman–Crippen LogP) is 2.98. The van der Waals surface area contributed by atoms with Crippen molar-refractivity contribution in [3.8, 4) is 0 Å². The Bertz CT molecular complexity index is 363. The van der Waals surface area contributed by atoms with Gasteiger partial charge in [-0.1, -0.05) is 18.6 Å². The lowest BCUT2D eigenvalue weighted by atomic mass is 9.78. The van der Waals surface area contributed by atoms with Crippen LogP contribution in [-0.2, 0) is 9.53 Å². The van der Waals surface area contributed by atoms with E-state index in [-0.39, 0.29) is 6.61 Å². The van der Waals surface area contributed by atoms with Crippen molar-refractivity contribution in [1.82, 2.24) is 0 Å². The Morgan fingerprint density at radius 1 is 1.47 bits per heavy atom. The molecule has 0 radical (unpaired) electrons. The van der Waals surface area contributed by atoms with E-state index < -0.39 is 23.7 Å². The first-order chi connectivity index (χ1) is 8.75. The van der Waals surface area contributed by atoms with E-state index in [4.69, 9.17) is 0 Å². The highest BCUT2D eigenvalue weighted by molar-refractivity contribution is 5.81. The van der Waals surface area contributed by atoms with E-state index in [1.54, 1.807) is 6.08 Å². The molecule has 0 fully saturated rings. The molecule has 110 valence electrons. The number of rotatable bonds is 4. The SMILES string of the molecule is CCOC(=O)[C@@](O)([C@@H](C)C1=CCCCC1)C(F)(F)F. The number of carbonyl (C=O) groups is 1. The molecule has 1 N–H and O–H groups in total. The lowest BCUT2D eigenvalue weighted by molar-refractivity contribution is -0.273. The second-order valence-corrected chi connectivity index (χ2v) is 4.73. The fourth-order valence-corrected chi connectivity index (χ4v) is 2.30. The van der Waals surface area contributed by atoms with Gasteiger partial charge in [-0.3, -0.25) is 0 Å². The van der Waals surface area contributed by atoms with E-state index in [1.807, 2.05) is 0 Å². The van der Waals surface area contributed by atoms with Crippen LogP contribution in [0.2, 0.25) is 0 Å². The van der Waals surface area contributed by atoms with Gasteiger partial charge in [-0.2, -0.15) is 13.2 Å². The van der Waals surface area contributed by atoms with Crippen LogP contribution in [0, 0.1) is 5.92 Å². The molecule has 0 spiro atoms. The number of aliphatic hydroxyl groups is 1. The summed E-state index contributed by atoms with van der Waals surface area (Å²) in [6.45, 7) is 2.42. The monoisotopic (exact) mass is 280 g/mol. The fraction of sp³-hybridized carbons (Fsp3) is 0.769. The molecule has 19 heavy (non-hydrogen) atoms. The third-order valence-electron chi connectivity index (χ3n) is 3.53. The van der Waals surface area contributed by atoms with Crippen LogP contribution < -0.4 is 0 Å². The van der Waals surface area contributed by atoms with Gasteiger partial charge in [0.25, 0.3) is 5.60 Å². The number of hydrogen-bond donors (Lipinski definition) is 1. The van der Waals surface area contributed by atoms with Gasteiger partial charge in [0.05, 0.1) is 6.61 Å². The highest BCUT2D eigenvalue weighted by atomic mass is 19.4. The second-order valence-electron chi connectivity index (χ2n) is 4.73. The highest BCUT2D eigenvalue weighted by Gasteiger charge is 2.64. The standard InChI is InChI=1S/C13H19F3O3/c1-3-19-11(17)12(18,13(14,15)16)9(2)10-7-5-4-6-8-10/h7,9,18H,3-6,8H2,1-2H3/t9-,12-/m0/s1.